The van der Waals surface area contributed by atoms with Crippen LogP contribution in [0.3, 0.4) is 0 Å². The van der Waals surface area contributed by atoms with Crippen LogP contribution in [-0.4, -0.2) is 64.2 Å². The van der Waals surface area contributed by atoms with Gasteiger partial charge in [-0.2, -0.15) is 0 Å². The van der Waals surface area contributed by atoms with Crippen molar-refractivity contribution in [1.29, 1.82) is 0 Å². The van der Waals surface area contributed by atoms with Crippen LogP contribution in [0.15, 0.2) is 22.8 Å². The fourth-order valence-electron chi connectivity index (χ4n) is 8.49. The molecule has 7 heteroatoms. The highest BCUT2D eigenvalue weighted by molar-refractivity contribution is 5.42. The molecule has 7 rings (SSSR count). The zero-order valence-electron chi connectivity index (χ0n) is 19.2. The van der Waals surface area contributed by atoms with Crippen molar-refractivity contribution in [1.82, 2.24) is 0 Å². The molecule has 0 aromatic carbocycles. The van der Waals surface area contributed by atoms with Gasteiger partial charge in [-0.1, -0.05) is 44.9 Å². The van der Waals surface area contributed by atoms with E-state index in [1.165, 1.54) is 11.1 Å². The lowest BCUT2D eigenvalue weighted by molar-refractivity contribution is -0.378. The van der Waals surface area contributed by atoms with E-state index in [1.807, 2.05) is 0 Å². The normalized spacial score (nSPS) is 59.8. The fraction of sp³-hybridized carbons (Fsp3) is 0.840. The SMILES string of the molecule is CC(C)C1=C2[C@H]3CC=C4[C@H]5O[C@H]6CO[C@H]7O[C@@H]([C@@H]4[C@@]7(O)[C@@]6(O)O5)[C@]3(C)CC[C@@]2(C)[C@@H](O)C1. The summed E-state index contributed by atoms with van der Waals surface area (Å²) in [6.07, 6.45) is 2.36. The van der Waals surface area contributed by atoms with E-state index in [4.69, 9.17) is 18.9 Å². The van der Waals surface area contributed by atoms with E-state index in [2.05, 4.69) is 33.8 Å². The maximum Gasteiger partial charge on any atom is 0.233 e. The van der Waals surface area contributed by atoms with Crippen LogP contribution in [0.1, 0.15) is 53.4 Å². The van der Waals surface area contributed by atoms with Gasteiger partial charge < -0.3 is 34.3 Å². The van der Waals surface area contributed by atoms with Crippen molar-refractivity contribution in [3.8, 4) is 0 Å². The molecule has 5 fully saturated rings. The van der Waals surface area contributed by atoms with E-state index in [-0.39, 0.29) is 35.6 Å². The van der Waals surface area contributed by atoms with Gasteiger partial charge in [-0.25, -0.2) is 0 Å². The standard InChI is InChI=1S/C25H34O7/c1-11(2)13-9-15(26)23(4)8-7-22(3)14(17(13)23)6-5-12-18-19(22)31-21-24(18,27)25(28)16(10-29-21)30-20(12)32-25/h5,11,14-16,18-21,26-28H,6-10H2,1-4H3/t14-,15+,16+,18-,19+,20+,21+,22-,23+,24+,25+/m1/s1. The van der Waals surface area contributed by atoms with Gasteiger partial charge in [0.1, 0.15) is 6.10 Å². The molecule has 0 amide bonds. The molecule has 7 aliphatic rings. The molecule has 2 bridgehead atoms. The van der Waals surface area contributed by atoms with Crippen molar-refractivity contribution < 1.29 is 34.3 Å². The van der Waals surface area contributed by atoms with Gasteiger partial charge in [0, 0.05) is 10.8 Å². The summed E-state index contributed by atoms with van der Waals surface area (Å²) in [6, 6.07) is 0. The number of aliphatic hydroxyl groups is 3. The highest BCUT2D eigenvalue weighted by atomic mass is 16.8. The Morgan fingerprint density at radius 1 is 1.12 bits per heavy atom. The summed E-state index contributed by atoms with van der Waals surface area (Å²) in [5, 5.41) is 34.6. The summed E-state index contributed by atoms with van der Waals surface area (Å²) >= 11 is 0. The van der Waals surface area contributed by atoms with Crippen LogP contribution < -0.4 is 0 Å². The van der Waals surface area contributed by atoms with Crippen molar-refractivity contribution in [2.24, 2.45) is 28.6 Å². The lowest BCUT2D eigenvalue weighted by Gasteiger charge is -2.54. The monoisotopic (exact) mass is 446 g/mol. The molecule has 0 radical (unpaired) electrons. The minimum atomic E-state index is -1.83. The third-order valence-corrected chi connectivity index (χ3v) is 10.4. The smallest absolute Gasteiger partial charge is 0.233 e. The Labute approximate surface area is 188 Å². The fourth-order valence-corrected chi connectivity index (χ4v) is 8.49. The zero-order chi connectivity index (χ0) is 22.4. The lowest BCUT2D eigenvalue weighted by atomic mass is 9.52. The Bertz CT molecular complexity index is 958. The molecule has 3 aliphatic carbocycles. The van der Waals surface area contributed by atoms with Crippen LogP contribution in [0.25, 0.3) is 0 Å². The molecule has 0 aromatic rings. The highest BCUT2D eigenvalue weighted by Crippen LogP contribution is 2.69. The first-order valence-electron chi connectivity index (χ1n) is 12.2. The summed E-state index contributed by atoms with van der Waals surface area (Å²) in [6.45, 7) is 9.05. The van der Waals surface area contributed by atoms with Gasteiger partial charge in [0.25, 0.3) is 0 Å². The Balaban J connectivity index is 1.42. The molecule has 32 heavy (non-hydrogen) atoms. The van der Waals surface area contributed by atoms with E-state index >= 15 is 0 Å². The predicted octanol–water partition coefficient (Wildman–Crippen LogP) is 2.00. The molecule has 4 heterocycles. The van der Waals surface area contributed by atoms with Gasteiger partial charge in [0.05, 0.1) is 24.7 Å². The molecule has 0 aromatic heterocycles. The molecular formula is C25H34O7. The highest BCUT2D eigenvalue weighted by Gasteiger charge is 2.82. The van der Waals surface area contributed by atoms with E-state index in [0.29, 0.717) is 5.92 Å². The quantitative estimate of drug-likeness (QED) is 0.530. The first-order chi connectivity index (χ1) is 15.1. The van der Waals surface area contributed by atoms with Crippen molar-refractivity contribution in [2.45, 2.75) is 95.7 Å². The van der Waals surface area contributed by atoms with E-state index in [1.54, 1.807) is 0 Å². The van der Waals surface area contributed by atoms with Gasteiger partial charge in [0.2, 0.25) is 5.79 Å². The van der Waals surface area contributed by atoms with Crippen molar-refractivity contribution in [2.75, 3.05) is 6.61 Å². The van der Waals surface area contributed by atoms with Gasteiger partial charge in [0.15, 0.2) is 18.2 Å². The second kappa shape index (κ2) is 5.88. The average molecular weight is 447 g/mol. The maximum absolute atomic E-state index is 12.0. The number of hydrogen-bond donors (Lipinski definition) is 3. The molecule has 176 valence electrons. The average Bonchev–Trinajstić information content (AvgIpc) is 3.30. The number of aliphatic hydroxyl groups excluding tert-OH is 1. The first kappa shape index (κ1) is 20.6. The largest absolute Gasteiger partial charge is 0.392 e. The Morgan fingerprint density at radius 3 is 2.66 bits per heavy atom. The maximum atomic E-state index is 12.0. The lowest BCUT2D eigenvalue weighted by Crippen LogP contribution is -2.73. The summed E-state index contributed by atoms with van der Waals surface area (Å²) in [7, 11) is 0. The van der Waals surface area contributed by atoms with Gasteiger partial charge in [-0.05, 0) is 43.1 Å². The van der Waals surface area contributed by atoms with Crippen LogP contribution in [0.4, 0.5) is 0 Å². The van der Waals surface area contributed by atoms with E-state index in [0.717, 1.165) is 31.3 Å². The number of ether oxygens (including phenoxy) is 4. The molecule has 7 nitrogen and oxygen atoms in total. The van der Waals surface area contributed by atoms with Crippen LogP contribution in [0.5, 0.6) is 0 Å². The van der Waals surface area contributed by atoms with Gasteiger partial charge in [-0.15, -0.1) is 0 Å². The minimum absolute atomic E-state index is 0.125. The summed E-state index contributed by atoms with van der Waals surface area (Å²) in [4.78, 5) is 0. The number of allylic oxidation sites excluding steroid dienone is 1. The molecule has 1 saturated carbocycles. The Hall–Kier alpha value is -0.800. The number of rotatable bonds is 1. The number of hydrogen-bond acceptors (Lipinski definition) is 7. The molecule has 0 unspecified atom stereocenters. The van der Waals surface area contributed by atoms with Crippen molar-refractivity contribution in [3.63, 3.8) is 0 Å². The van der Waals surface area contributed by atoms with E-state index < -0.39 is 36.0 Å². The second-order valence-corrected chi connectivity index (χ2v) is 12.0. The van der Waals surface area contributed by atoms with Crippen LogP contribution >= 0.6 is 0 Å². The molecule has 3 N–H and O–H groups in total. The van der Waals surface area contributed by atoms with Gasteiger partial charge in [-0.3, -0.25) is 0 Å². The molecule has 4 aliphatic heterocycles. The summed E-state index contributed by atoms with van der Waals surface area (Å²) in [5.74, 6) is -1.74. The van der Waals surface area contributed by atoms with Crippen molar-refractivity contribution >= 4 is 0 Å². The Morgan fingerprint density at radius 2 is 1.91 bits per heavy atom. The summed E-state index contributed by atoms with van der Waals surface area (Å²) in [5.41, 5.74) is 1.42. The molecular weight excluding hydrogens is 412 g/mol. The summed E-state index contributed by atoms with van der Waals surface area (Å²) < 4.78 is 24.5. The Kier molecular flexibility index (Phi) is 3.78. The third kappa shape index (κ3) is 1.98. The third-order valence-electron chi connectivity index (χ3n) is 10.4. The molecule has 4 saturated heterocycles. The molecule has 11 atom stereocenters. The van der Waals surface area contributed by atoms with Crippen LogP contribution in [-0.2, 0) is 18.9 Å². The number of fused-ring (bicyclic) bond motifs is 6. The second-order valence-electron chi connectivity index (χ2n) is 12.0. The van der Waals surface area contributed by atoms with Crippen molar-refractivity contribution in [3.05, 3.63) is 22.8 Å². The van der Waals surface area contributed by atoms with Crippen LogP contribution in [0.2, 0.25) is 0 Å². The predicted molar refractivity (Wildman–Crippen MR) is 112 cm³/mol. The topological polar surface area (TPSA) is 97.6 Å². The van der Waals surface area contributed by atoms with Crippen LogP contribution in [0, 0.1) is 28.6 Å². The minimum Gasteiger partial charge on any atom is -0.392 e. The molecule has 0 spiro atoms. The van der Waals surface area contributed by atoms with E-state index in [9.17, 15) is 15.3 Å². The first-order valence-corrected chi connectivity index (χ1v) is 12.2. The zero-order valence-corrected chi connectivity index (χ0v) is 19.2. The van der Waals surface area contributed by atoms with Gasteiger partial charge >= 0.3 is 0 Å².